The molecule has 0 aromatic carbocycles. The molecule has 5 heteroatoms. The summed E-state index contributed by atoms with van der Waals surface area (Å²) in [5.41, 5.74) is 0. The van der Waals surface area contributed by atoms with Gasteiger partial charge in [0.1, 0.15) is 10.6 Å². The molecule has 0 saturated carbocycles. The summed E-state index contributed by atoms with van der Waals surface area (Å²) in [6.07, 6.45) is 3.63. The van der Waals surface area contributed by atoms with Crippen LogP contribution in [0, 0.1) is 0 Å². The maximum atomic E-state index is 4.70. The molecule has 0 atom stereocenters. The van der Waals surface area contributed by atoms with Crippen LogP contribution in [0.3, 0.4) is 0 Å². The normalized spacial score (nSPS) is 15.5. The van der Waals surface area contributed by atoms with Crippen LogP contribution in [0.25, 0.3) is 10.2 Å². The van der Waals surface area contributed by atoms with Crippen LogP contribution >= 0.6 is 11.3 Å². The number of hydrogen-bond acceptors (Lipinski definition) is 5. The van der Waals surface area contributed by atoms with Gasteiger partial charge in [-0.2, -0.15) is 4.98 Å². The Morgan fingerprint density at radius 1 is 1.33 bits per heavy atom. The van der Waals surface area contributed by atoms with Crippen LogP contribution in [0.1, 0.15) is 26.2 Å². The van der Waals surface area contributed by atoms with Crippen molar-refractivity contribution in [3.63, 3.8) is 0 Å². The van der Waals surface area contributed by atoms with Crippen LogP contribution in [-0.2, 0) is 0 Å². The summed E-state index contributed by atoms with van der Waals surface area (Å²) in [5.74, 6) is 1.88. The van der Waals surface area contributed by atoms with E-state index in [0.29, 0.717) is 0 Å². The van der Waals surface area contributed by atoms with Crippen LogP contribution in [0.4, 0.5) is 11.8 Å². The maximum Gasteiger partial charge on any atom is 0.226 e. The number of nitrogens with zero attached hydrogens (tertiary/aromatic N) is 3. The summed E-state index contributed by atoms with van der Waals surface area (Å²) in [6, 6.07) is 2.14. The molecule has 0 amide bonds. The molecule has 0 radical (unpaired) electrons. The van der Waals surface area contributed by atoms with Gasteiger partial charge in [0.15, 0.2) is 0 Å². The summed E-state index contributed by atoms with van der Waals surface area (Å²) >= 11 is 1.69. The molecule has 1 saturated heterocycles. The van der Waals surface area contributed by atoms with Crippen molar-refractivity contribution < 1.29 is 0 Å². The van der Waals surface area contributed by atoms with Crippen LogP contribution < -0.4 is 10.2 Å². The number of anilines is 2. The molecule has 2 aromatic heterocycles. The number of thiophene rings is 1. The van der Waals surface area contributed by atoms with Crippen molar-refractivity contribution in [1.29, 1.82) is 0 Å². The van der Waals surface area contributed by atoms with Crippen LogP contribution in [-0.4, -0.2) is 29.6 Å². The maximum absolute atomic E-state index is 4.70. The minimum Gasteiger partial charge on any atom is -0.356 e. The zero-order valence-corrected chi connectivity index (χ0v) is 11.5. The summed E-state index contributed by atoms with van der Waals surface area (Å²) in [6.45, 7) is 5.32. The summed E-state index contributed by atoms with van der Waals surface area (Å²) in [7, 11) is 0. The standard InChI is InChI=1S/C13H18N4S/c1-2-6-14-13-15-11(17-7-3-4-8-17)10-5-9-18-12(10)16-13/h5,9H,2-4,6-8H2,1H3,(H,14,15,16). The molecular weight excluding hydrogens is 244 g/mol. The van der Waals surface area contributed by atoms with Gasteiger partial charge >= 0.3 is 0 Å². The Balaban J connectivity index is 2.00. The lowest BCUT2D eigenvalue weighted by molar-refractivity contribution is 0.923. The molecule has 0 unspecified atom stereocenters. The fourth-order valence-corrected chi connectivity index (χ4v) is 3.08. The van der Waals surface area contributed by atoms with Gasteiger partial charge in [0, 0.05) is 19.6 Å². The van der Waals surface area contributed by atoms with E-state index in [-0.39, 0.29) is 0 Å². The van der Waals surface area contributed by atoms with Crippen molar-refractivity contribution >= 4 is 33.3 Å². The Labute approximate surface area is 111 Å². The average Bonchev–Trinajstić information content (AvgIpc) is 3.05. The highest BCUT2D eigenvalue weighted by Crippen LogP contribution is 2.30. The highest BCUT2D eigenvalue weighted by Gasteiger charge is 2.18. The molecular formula is C13H18N4S. The Hall–Kier alpha value is -1.36. The van der Waals surface area contributed by atoms with E-state index in [1.54, 1.807) is 11.3 Å². The quantitative estimate of drug-likeness (QED) is 0.919. The molecule has 1 fully saturated rings. The van der Waals surface area contributed by atoms with E-state index >= 15 is 0 Å². The smallest absolute Gasteiger partial charge is 0.226 e. The molecule has 0 spiro atoms. The van der Waals surface area contributed by atoms with Crippen molar-refractivity contribution in [1.82, 2.24) is 9.97 Å². The van der Waals surface area contributed by atoms with Gasteiger partial charge in [-0.3, -0.25) is 0 Å². The Kier molecular flexibility index (Phi) is 3.32. The van der Waals surface area contributed by atoms with Crippen LogP contribution in [0.2, 0.25) is 0 Å². The van der Waals surface area contributed by atoms with Crippen molar-refractivity contribution in [3.05, 3.63) is 11.4 Å². The summed E-state index contributed by atoms with van der Waals surface area (Å²) < 4.78 is 0. The number of nitrogens with one attached hydrogen (secondary N) is 1. The summed E-state index contributed by atoms with van der Waals surface area (Å²) in [4.78, 5) is 12.7. The minimum atomic E-state index is 0.772. The third-order valence-electron chi connectivity index (χ3n) is 3.24. The average molecular weight is 262 g/mol. The second-order valence-corrected chi connectivity index (χ2v) is 5.53. The monoisotopic (exact) mass is 262 g/mol. The van der Waals surface area contributed by atoms with Gasteiger partial charge < -0.3 is 10.2 Å². The molecule has 96 valence electrons. The van der Waals surface area contributed by atoms with Crippen LogP contribution in [0.15, 0.2) is 11.4 Å². The molecule has 1 aliphatic heterocycles. The van der Waals surface area contributed by atoms with Gasteiger partial charge in [0.2, 0.25) is 5.95 Å². The Bertz CT molecular complexity index is 531. The zero-order valence-electron chi connectivity index (χ0n) is 10.6. The Morgan fingerprint density at radius 3 is 2.94 bits per heavy atom. The van der Waals surface area contributed by atoms with E-state index in [1.807, 2.05) is 0 Å². The van der Waals surface area contributed by atoms with E-state index in [2.05, 4.69) is 33.6 Å². The first-order chi connectivity index (χ1) is 8.88. The van der Waals surface area contributed by atoms with Crippen molar-refractivity contribution in [2.24, 2.45) is 0 Å². The third kappa shape index (κ3) is 2.14. The lowest BCUT2D eigenvalue weighted by Gasteiger charge is -2.18. The first-order valence-electron chi connectivity index (χ1n) is 6.62. The number of hydrogen-bond donors (Lipinski definition) is 1. The molecule has 4 nitrogen and oxygen atoms in total. The van der Waals surface area contributed by atoms with Crippen molar-refractivity contribution in [3.8, 4) is 0 Å². The third-order valence-corrected chi connectivity index (χ3v) is 4.05. The van der Waals surface area contributed by atoms with Gasteiger partial charge in [-0.1, -0.05) is 6.92 Å². The second kappa shape index (κ2) is 5.10. The number of fused-ring (bicyclic) bond motifs is 1. The minimum absolute atomic E-state index is 0.772. The largest absolute Gasteiger partial charge is 0.356 e. The van der Waals surface area contributed by atoms with E-state index in [9.17, 15) is 0 Å². The highest BCUT2D eigenvalue weighted by atomic mass is 32.1. The van der Waals surface area contributed by atoms with Crippen molar-refractivity contribution in [2.75, 3.05) is 29.9 Å². The summed E-state index contributed by atoms with van der Waals surface area (Å²) in [5, 5.41) is 6.60. The second-order valence-electron chi connectivity index (χ2n) is 4.63. The number of aromatic nitrogens is 2. The molecule has 2 aromatic rings. The van der Waals surface area contributed by atoms with E-state index in [0.717, 1.165) is 42.7 Å². The molecule has 3 heterocycles. The van der Waals surface area contributed by atoms with Gasteiger partial charge in [-0.15, -0.1) is 11.3 Å². The van der Waals surface area contributed by atoms with E-state index < -0.39 is 0 Å². The molecule has 1 aliphatic rings. The fraction of sp³-hybridized carbons (Fsp3) is 0.538. The van der Waals surface area contributed by atoms with Gasteiger partial charge in [0.25, 0.3) is 0 Å². The van der Waals surface area contributed by atoms with Crippen LogP contribution in [0.5, 0.6) is 0 Å². The Morgan fingerprint density at radius 2 is 2.17 bits per heavy atom. The molecule has 1 N–H and O–H groups in total. The van der Waals surface area contributed by atoms with E-state index in [1.165, 1.54) is 18.2 Å². The van der Waals surface area contributed by atoms with Crippen molar-refractivity contribution in [2.45, 2.75) is 26.2 Å². The van der Waals surface area contributed by atoms with Gasteiger partial charge in [-0.25, -0.2) is 4.98 Å². The first-order valence-corrected chi connectivity index (χ1v) is 7.50. The predicted molar refractivity (Wildman–Crippen MR) is 77.6 cm³/mol. The first kappa shape index (κ1) is 11.7. The molecule has 0 aliphatic carbocycles. The molecule has 3 rings (SSSR count). The van der Waals surface area contributed by atoms with Gasteiger partial charge in [-0.05, 0) is 30.7 Å². The highest BCUT2D eigenvalue weighted by molar-refractivity contribution is 7.16. The SMILES string of the molecule is CCCNc1nc(N2CCCC2)c2ccsc2n1. The topological polar surface area (TPSA) is 41.1 Å². The van der Waals surface area contributed by atoms with E-state index in [4.69, 9.17) is 4.98 Å². The molecule has 0 bridgehead atoms. The fourth-order valence-electron chi connectivity index (χ4n) is 2.33. The predicted octanol–water partition coefficient (Wildman–Crippen LogP) is 3.11. The lowest BCUT2D eigenvalue weighted by Crippen LogP contribution is -2.20. The number of rotatable bonds is 4. The zero-order chi connectivity index (χ0) is 12.4. The molecule has 18 heavy (non-hydrogen) atoms. The van der Waals surface area contributed by atoms with Gasteiger partial charge in [0.05, 0.1) is 5.39 Å². The lowest BCUT2D eigenvalue weighted by atomic mass is 10.3.